The van der Waals surface area contributed by atoms with E-state index in [1.54, 1.807) is 0 Å². The van der Waals surface area contributed by atoms with Crippen LogP contribution in [0.3, 0.4) is 0 Å². The Kier molecular flexibility index (Phi) is 7.83. The normalized spacial score (nSPS) is 44.6. The number of aliphatic hydroxyl groups is 3. The molecule has 200 valence electrons. The van der Waals surface area contributed by atoms with E-state index in [0.29, 0.717) is 55.5 Å². The third-order valence-electron chi connectivity index (χ3n) is 11.4. The maximum absolute atomic E-state index is 12.0. The molecular weight excluding hydrogens is 440 g/mol. The molecule has 35 heavy (non-hydrogen) atoms. The minimum atomic E-state index is -0.644. The number of esters is 1. The number of carbonyl (C=O) groups excluding carboxylic acids is 1. The zero-order valence-electron chi connectivity index (χ0n) is 22.9. The minimum absolute atomic E-state index is 0.0181. The van der Waals surface area contributed by atoms with Gasteiger partial charge in [0.1, 0.15) is 0 Å². The van der Waals surface area contributed by atoms with Crippen LogP contribution in [0.2, 0.25) is 0 Å². The summed E-state index contributed by atoms with van der Waals surface area (Å²) in [5.74, 6) is 2.69. The predicted octanol–water partition coefficient (Wildman–Crippen LogP) is 5.12. The average molecular weight is 491 g/mol. The SMILES string of the molecule is CC(=O)OC[C@]12C[C@@H](O)C3C(CC=C4C[C@@H](O)C[C@H](O)[C@@]43C)C1CCC2C(C)CCC(C)C(C)C. The van der Waals surface area contributed by atoms with E-state index in [2.05, 4.69) is 40.7 Å². The Morgan fingerprint density at radius 2 is 1.86 bits per heavy atom. The fourth-order valence-corrected chi connectivity index (χ4v) is 9.07. The van der Waals surface area contributed by atoms with E-state index in [9.17, 15) is 20.1 Å². The molecule has 0 aromatic carbocycles. The Morgan fingerprint density at radius 1 is 1.14 bits per heavy atom. The second-order valence-electron chi connectivity index (χ2n) is 13.4. The lowest BCUT2D eigenvalue weighted by Gasteiger charge is -2.61. The molecule has 0 aliphatic heterocycles. The van der Waals surface area contributed by atoms with E-state index in [4.69, 9.17) is 4.74 Å². The molecule has 0 bridgehead atoms. The lowest BCUT2D eigenvalue weighted by Crippen LogP contribution is -2.61. The summed E-state index contributed by atoms with van der Waals surface area (Å²) in [5, 5.41) is 33.3. The van der Waals surface area contributed by atoms with Gasteiger partial charge in [-0.25, -0.2) is 0 Å². The van der Waals surface area contributed by atoms with Crippen molar-refractivity contribution in [2.75, 3.05) is 6.61 Å². The van der Waals surface area contributed by atoms with Crippen LogP contribution in [-0.4, -0.2) is 46.2 Å². The topological polar surface area (TPSA) is 87.0 Å². The van der Waals surface area contributed by atoms with Gasteiger partial charge in [-0.2, -0.15) is 0 Å². The first-order valence-corrected chi connectivity index (χ1v) is 14.3. The molecule has 6 unspecified atom stereocenters. The Labute approximate surface area is 212 Å². The highest BCUT2D eigenvalue weighted by Gasteiger charge is 2.65. The number of aliphatic hydroxyl groups excluding tert-OH is 3. The van der Waals surface area contributed by atoms with E-state index in [0.717, 1.165) is 24.8 Å². The van der Waals surface area contributed by atoms with Gasteiger partial charge in [0.15, 0.2) is 0 Å². The van der Waals surface area contributed by atoms with Gasteiger partial charge in [0.25, 0.3) is 0 Å². The van der Waals surface area contributed by atoms with Crippen molar-refractivity contribution in [3.05, 3.63) is 11.6 Å². The third kappa shape index (κ3) is 4.63. The zero-order valence-corrected chi connectivity index (χ0v) is 22.9. The van der Waals surface area contributed by atoms with E-state index in [1.165, 1.54) is 19.8 Å². The molecule has 0 aromatic heterocycles. The summed E-state index contributed by atoms with van der Waals surface area (Å²) in [7, 11) is 0. The minimum Gasteiger partial charge on any atom is -0.465 e. The summed E-state index contributed by atoms with van der Waals surface area (Å²) >= 11 is 0. The van der Waals surface area contributed by atoms with E-state index in [-0.39, 0.29) is 23.2 Å². The molecule has 3 N–H and O–H groups in total. The molecule has 3 saturated carbocycles. The maximum atomic E-state index is 12.0. The van der Waals surface area contributed by atoms with Crippen LogP contribution in [0.15, 0.2) is 11.6 Å². The van der Waals surface area contributed by atoms with Gasteiger partial charge in [-0.1, -0.05) is 59.1 Å². The highest BCUT2D eigenvalue weighted by molar-refractivity contribution is 5.66. The molecule has 0 saturated heterocycles. The largest absolute Gasteiger partial charge is 0.465 e. The van der Waals surface area contributed by atoms with Gasteiger partial charge in [0, 0.05) is 24.2 Å². The lowest BCUT2D eigenvalue weighted by atomic mass is 9.45. The fourth-order valence-electron chi connectivity index (χ4n) is 9.07. The van der Waals surface area contributed by atoms with Crippen molar-refractivity contribution < 1.29 is 24.9 Å². The van der Waals surface area contributed by atoms with Crippen LogP contribution < -0.4 is 0 Å². The molecule has 11 atom stereocenters. The molecule has 0 radical (unpaired) electrons. The highest BCUT2D eigenvalue weighted by atomic mass is 16.5. The second kappa shape index (κ2) is 10.1. The molecule has 0 spiro atoms. The molecule has 4 rings (SSSR count). The standard InChI is InChI=1S/C30H50O5/c1-17(2)18(3)7-8-19(4)24-11-12-25-23-10-9-21-13-22(32)14-27(34)29(21,6)28(23)26(33)15-30(24,25)16-35-20(5)31/h9,17-19,22-28,32-34H,7-8,10-16H2,1-6H3/t18?,19?,22-,23?,24?,25?,26-,27+,28?,29-,30+/m1/s1. The van der Waals surface area contributed by atoms with Gasteiger partial charge in [-0.05, 0) is 73.5 Å². The molecule has 5 nitrogen and oxygen atoms in total. The molecule has 0 heterocycles. The van der Waals surface area contributed by atoms with Crippen LogP contribution in [0.5, 0.6) is 0 Å². The first-order valence-electron chi connectivity index (χ1n) is 14.3. The Morgan fingerprint density at radius 3 is 2.51 bits per heavy atom. The summed E-state index contributed by atoms with van der Waals surface area (Å²) in [6, 6.07) is 0. The fraction of sp³-hybridized carbons (Fsp3) is 0.900. The summed E-state index contributed by atoms with van der Waals surface area (Å²) < 4.78 is 5.78. The number of hydrogen-bond acceptors (Lipinski definition) is 5. The summed E-state index contributed by atoms with van der Waals surface area (Å²) in [4.78, 5) is 12.0. The summed E-state index contributed by atoms with van der Waals surface area (Å²) in [6.07, 6.45) is 7.65. The van der Waals surface area contributed by atoms with Gasteiger partial charge < -0.3 is 20.1 Å². The summed E-state index contributed by atoms with van der Waals surface area (Å²) in [5.41, 5.74) is 0.432. The number of rotatable bonds is 7. The van der Waals surface area contributed by atoms with Crippen LogP contribution >= 0.6 is 0 Å². The lowest BCUT2D eigenvalue weighted by molar-refractivity contribution is -0.182. The van der Waals surface area contributed by atoms with Crippen molar-refractivity contribution >= 4 is 5.97 Å². The van der Waals surface area contributed by atoms with Gasteiger partial charge in [-0.15, -0.1) is 0 Å². The van der Waals surface area contributed by atoms with Crippen LogP contribution in [0.1, 0.15) is 92.9 Å². The molecule has 5 heteroatoms. The van der Waals surface area contributed by atoms with Crippen molar-refractivity contribution in [1.82, 2.24) is 0 Å². The number of hydrogen-bond donors (Lipinski definition) is 3. The first-order chi connectivity index (χ1) is 16.4. The Hall–Kier alpha value is -0.910. The molecule has 0 amide bonds. The van der Waals surface area contributed by atoms with Crippen LogP contribution in [-0.2, 0) is 9.53 Å². The Bertz CT molecular complexity index is 807. The van der Waals surface area contributed by atoms with Crippen molar-refractivity contribution in [2.45, 2.75) is 111 Å². The van der Waals surface area contributed by atoms with Gasteiger partial charge in [0.05, 0.1) is 24.9 Å². The molecule has 0 aromatic rings. The number of allylic oxidation sites excluding steroid dienone is 1. The quantitative estimate of drug-likeness (QED) is 0.341. The molecule has 4 aliphatic rings. The van der Waals surface area contributed by atoms with Crippen LogP contribution in [0.25, 0.3) is 0 Å². The molecular formula is C30H50O5. The third-order valence-corrected chi connectivity index (χ3v) is 11.4. The smallest absolute Gasteiger partial charge is 0.302 e. The zero-order chi connectivity index (χ0) is 25.7. The Balaban J connectivity index is 1.65. The highest BCUT2D eigenvalue weighted by Crippen LogP contribution is 2.67. The van der Waals surface area contributed by atoms with Crippen molar-refractivity contribution in [2.24, 2.45) is 52.3 Å². The number of carbonyl (C=O) groups is 1. The van der Waals surface area contributed by atoms with E-state index >= 15 is 0 Å². The van der Waals surface area contributed by atoms with Crippen molar-refractivity contribution in [3.63, 3.8) is 0 Å². The second-order valence-corrected chi connectivity index (χ2v) is 13.4. The number of fused-ring (bicyclic) bond motifs is 5. The van der Waals surface area contributed by atoms with Crippen molar-refractivity contribution in [1.29, 1.82) is 0 Å². The van der Waals surface area contributed by atoms with Crippen LogP contribution in [0, 0.1) is 52.3 Å². The van der Waals surface area contributed by atoms with Gasteiger partial charge in [-0.3, -0.25) is 4.79 Å². The maximum Gasteiger partial charge on any atom is 0.302 e. The average Bonchev–Trinajstić information content (AvgIpc) is 3.16. The molecule has 4 aliphatic carbocycles. The van der Waals surface area contributed by atoms with Gasteiger partial charge >= 0.3 is 5.97 Å². The monoisotopic (exact) mass is 490 g/mol. The molecule has 3 fully saturated rings. The van der Waals surface area contributed by atoms with Crippen LogP contribution in [0.4, 0.5) is 0 Å². The van der Waals surface area contributed by atoms with Crippen molar-refractivity contribution in [3.8, 4) is 0 Å². The van der Waals surface area contributed by atoms with E-state index in [1.807, 2.05) is 0 Å². The van der Waals surface area contributed by atoms with E-state index < -0.39 is 23.7 Å². The predicted molar refractivity (Wildman–Crippen MR) is 137 cm³/mol. The first kappa shape index (κ1) is 27.1. The summed E-state index contributed by atoms with van der Waals surface area (Å²) in [6.45, 7) is 13.3. The number of ether oxygens (including phenoxy) is 1. The van der Waals surface area contributed by atoms with Gasteiger partial charge in [0.2, 0.25) is 0 Å².